The molecule has 1 heterocycles. The zero-order chi connectivity index (χ0) is 20.4. The van der Waals surface area contributed by atoms with Crippen LogP contribution < -0.4 is 10.3 Å². The number of aromatic nitrogens is 2. The largest absolute Gasteiger partial charge is 0.507 e. The van der Waals surface area contributed by atoms with Crippen LogP contribution in [-0.4, -0.2) is 21.8 Å². The van der Waals surface area contributed by atoms with Crippen molar-refractivity contribution in [1.82, 2.24) is 9.55 Å². The van der Waals surface area contributed by atoms with Crippen molar-refractivity contribution in [1.29, 1.82) is 0 Å². The van der Waals surface area contributed by atoms with E-state index in [1.54, 1.807) is 60.2 Å². The number of hydrogen-bond donors (Lipinski definition) is 1. The topological polar surface area (TPSA) is 64.3 Å². The molecule has 0 aliphatic rings. The highest BCUT2D eigenvalue weighted by Crippen LogP contribution is 2.24. The predicted molar refractivity (Wildman–Crippen MR) is 119 cm³/mol. The Morgan fingerprint density at radius 3 is 2.55 bits per heavy atom. The molecule has 1 N–H and O–H groups in total. The van der Waals surface area contributed by atoms with E-state index in [4.69, 9.17) is 4.74 Å². The van der Waals surface area contributed by atoms with Crippen LogP contribution in [0, 0.1) is 0 Å². The van der Waals surface area contributed by atoms with Crippen LogP contribution in [0.4, 0.5) is 0 Å². The van der Waals surface area contributed by atoms with Crippen molar-refractivity contribution < 1.29 is 9.84 Å². The highest BCUT2D eigenvalue weighted by atomic mass is 79.9. The molecule has 29 heavy (non-hydrogen) atoms. The van der Waals surface area contributed by atoms with Crippen molar-refractivity contribution in [3.8, 4) is 17.2 Å². The van der Waals surface area contributed by atoms with Gasteiger partial charge < -0.3 is 9.84 Å². The van der Waals surface area contributed by atoms with Gasteiger partial charge in [0.1, 0.15) is 17.3 Å². The van der Waals surface area contributed by atoms with E-state index in [9.17, 15) is 9.90 Å². The Balaban J connectivity index is 1.92. The van der Waals surface area contributed by atoms with Gasteiger partial charge in [0.25, 0.3) is 5.56 Å². The molecule has 0 amide bonds. The summed E-state index contributed by atoms with van der Waals surface area (Å²) in [6.45, 7) is 0. The summed E-state index contributed by atoms with van der Waals surface area (Å²) in [6, 6.07) is 19.6. The molecule has 3 aromatic carbocycles. The Morgan fingerprint density at radius 1 is 1.03 bits per heavy atom. The smallest absolute Gasteiger partial charge is 0.266 e. The molecule has 0 saturated heterocycles. The van der Waals surface area contributed by atoms with Crippen molar-refractivity contribution >= 4 is 39.0 Å². The van der Waals surface area contributed by atoms with Gasteiger partial charge in [-0.05, 0) is 66.7 Å². The zero-order valence-corrected chi connectivity index (χ0v) is 17.1. The number of rotatable bonds is 4. The lowest BCUT2D eigenvalue weighted by Crippen LogP contribution is -2.22. The van der Waals surface area contributed by atoms with Crippen molar-refractivity contribution in [3.05, 3.63) is 92.9 Å². The van der Waals surface area contributed by atoms with E-state index in [2.05, 4.69) is 20.9 Å². The lowest BCUT2D eigenvalue weighted by atomic mass is 10.1. The third-order valence-corrected chi connectivity index (χ3v) is 5.03. The van der Waals surface area contributed by atoms with Gasteiger partial charge in [0, 0.05) is 10.0 Å². The molecular weight excluding hydrogens is 432 g/mol. The maximum Gasteiger partial charge on any atom is 0.266 e. The molecule has 5 nitrogen and oxygen atoms in total. The summed E-state index contributed by atoms with van der Waals surface area (Å²) in [7, 11) is 1.59. The highest BCUT2D eigenvalue weighted by molar-refractivity contribution is 9.10. The fraction of sp³-hybridized carbons (Fsp3) is 0.0435. The first-order chi connectivity index (χ1) is 14.1. The molecule has 4 rings (SSSR count). The van der Waals surface area contributed by atoms with Crippen LogP contribution in [-0.2, 0) is 0 Å². The zero-order valence-electron chi connectivity index (χ0n) is 15.5. The second-order valence-corrected chi connectivity index (χ2v) is 7.28. The van der Waals surface area contributed by atoms with E-state index in [1.165, 1.54) is 0 Å². The van der Waals surface area contributed by atoms with Gasteiger partial charge in [-0.3, -0.25) is 9.36 Å². The fourth-order valence-corrected chi connectivity index (χ4v) is 3.44. The van der Waals surface area contributed by atoms with Crippen LogP contribution in [0.25, 0.3) is 28.7 Å². The Bertz CT molecular complexity index is 1280. The fourth-order valence-electron chi connectivity index (χ4n) is 3.07. The number of phenols is 1. The normalized spacial score (nSPS) is 11.2. The lowest BCUT2D eigenvalue weighted by molar-refractivity contribution is 0.414. The molecule has 144 valence electrons. The molecule has 0 aliphatic heterocycles. The summed E-state index contributed by atoms with van der Waals surface area (Å²) in [5, 5.41) is 10.6. The van der Waals surface area contributed by atoms with Crippen LogP contribution in [0.3, 0.4) is 0 Å². The van der Waals surface area contributed by atoms with E-state index in [-0.39, 0.29) is 11.3 Å². The van der Waals surface area contributed by atoms with Gasteiger partial charge in [-0.25, -0.2) is 4.98 Å². The first kappa shape index (κ1) is 19.0. The van der Waals surface area contributed by atoms with E-state index in [0.717, 1.165) is 4.47 Å². The van der Waals surface area contributed by atoms with Gasteiger partial charge >= 0.3 is 0 Å². The maximum absolute atomic E-state index is 13.2. The summed E-state index contributed by atoms with van der Waals surface area (Å²) < 4.78 is 7.61. The number of aromatic hydroxyl groups is 1. The van der Waals surface area contributed by atoms with Crippen LogP contribution in [0.1, 0.15) is 11.4 Å². The van der Waals surface area contributed by atoms with Gasteiger partial charge in [0.15, 0.2) is 0 Å². The van der Waals surface area contributed by atoms with E-state index in [1.807, 2.05) is 30.3 Å². The van der Waals surface area contributed by atoms with Crippen LogP contribution in [0.15, 0.2) is 76.0 Å². The Kier molecular flexibility index (Phi) is 5.18. The van der Waals surface area contributed by atoms with E-state index >= 15 is 0 Å². The second kappa shape index (κ2) is 7.93. The average molecular weight is 449 g/mol. The van der Waals surface area contributed by atoms with Crippen molar-refractivity contribution in [2.24, 2.45) is 0 Å². The van der Waals surface area contributed by atoms with Gasteiger partial charge in [-0.15, -0.1) is 0 Å². The Morgan fingerprint density at radius 2 is 1.79 bits per heavy atom. The lowest BCUT2D eigenvalue weighted by Gasteiger charge is -2.12. The first-order valence-corrected chi connectivity index (χ1v) is 9.69. The molecule has 0 fully saturated rings. The molecular formula is C23H17BrN2O3. The number of hydrogen-bond acceptors (Lipinski definition) is 4. The van der Waals surface area contributed by atoms with Crippen LogP contribution in [0.5, 0.6) is 11.5 Å². The van der Waals surface area contributed by atoms with Gasteiger partial charge in [0.05, 0.1) is 23.7 Å². The predicted octanol–water partition coefficient (Wildman–Crippen LogP) is 5.03. The van der Waals surface area contributed by atoms with Crippen LogP contribution >= 0.6 is 15.9 Å². The molecule has 0 bridgehead atoms. The maximum atomic E-state index is 13.2. The quantitative estimate of drug-likeness (QED) is 0.475. The number of benzene rings is 3. The molecule has 0 unspecified atom stereocenters. The molecule has 0 saturated carbocycles. The van der Waals surface area contributed by atoms with Gasteiger partial charge in [0.2, 0.25) is 0 Å². The van der Waals surface area contributed by atoms with Gasteiger partial charge in [-0.1, -0.05) is 28.1 Å². The Hall–Kier alpha value is -3.38. The number of fused-ring (bicyclic) bond motifs is 1. The average Bonchev–Trinajstić information content (AvgIpc) is 2.75. The molecule has 4 aromatic rings. The van der Waals surface area contributed by atoms with Crippen molar-refractivity contribution in [2.75, 3.05) is 7.11 Å². The summed E-state index contributed by atoms with van der Waals surface area (Å²) in [5.41, 5.74) is 1.73. The molecule has 1 aromatic heterocycles. The van der Waals surface area contributed by atoms with Crippen LogP contribution in [0.2, 0.25) is 0 Å². The number of para-hydroxylation sites is 1. The third-order valence-electron chi connectivity index (χ3n) is 4.53. The van der Waals surface area contributed by atoms with E-state index in [0.29, 0.717) is 33.7 Å². The SMILES string of the molecule is COc1ccc(-n2c(C=Cc3cc(Br)ccc3O)nc3ccccc3c2=O)cc1. The summed E-state index contributed by atoms with van der Waals surface area (Å²) in [4.78, 5) is 17.9. The highest BCUT2D eigenvalue weighted by Gasteiger charge is 2.11. The monoisotopic (exact) mass is 448 g/mol. The van der Waals surface area contributed by atoms with E-state index < -0.39 is 0 Å². The molecule has 0 radical (unpaired) electrons. The number of halogens is 1. The first-order valence-electron chi connectivity index (χ1n) is 8.89. The number of ether oxygens (including phenoxy) is 1. The number of nitrogens with zero attached hydrogens (tertiary/aromatic N) is 2. The summed E-state index contributed by atoms with van der Waals surface area (Å²) in [5.74, 6) is 1.30. The Labute approximate surface area is 175 Å². The minimum atomic E-state index is -0.168. The van der Waals surface area contributed by atoms with Gasteiger partial charge in [-0.2, -0.15) is 0 Å². The number of methoxy groups -OCH3 is 1. The molecule has 0 aliphatic carbocycles. The minimum absolute atomic E-state index is 0.142. The third kappa shape index (κ3) is 3.79. The van der Waals surface area contributed by atoms with Crippen molar-refractivity contribution in [2.45, 2.75) is 0 Å². The second-order valence-electron chi connectivity index (χ2n) is 6.36. The standard InChI is InChI=1S/C23H17BrN2O3/c1-29-18-10-8-17(9-11-18)26-22(13-6-15-14-16(24)7-12-21(15)27)25-20-5-3-2-4-19(20)23(26)28/h2-14,27H,1H3. The summed E-state index contributed by atoms with van der Waals surface area (Å²) in [6.07, 6.45) is 3.45. The molecule has 6 heteroatoms. The van der Waals surface area contributed by atoms with Crippen molar-refractivity contribution in [3.63, 3.8) is 0 Å². The number of phenolic OH excluding ortho intramolecular Hbond substituents is 1. The molecule has 0 spiro atoms. The molecule has 0 atom stereocenters. The minimum Gasteiger partial charge on any atom is -0.507 e. The summed E-state index contributed by atoms with van der Waals surface area (Å²) >= 11 is 3.40.